The average Bonchev–Trinajstić information content (AvgIpc) is 2.84. The predicted octanol–water partition coefficient (Wildman–Crippen LogP) is 2.93. The van der Waals surface area contributed by atoms with Crippen LogP contribution in [-0.2, 0) is 6.54 Å². The van der Waals surface area contributed by atoms with Crippen LogP contribution in [0, 0.1) is 11.3 Å². The molecule has 0 spiro atoms. The molecule has 2 aromatic rings. The molecular formula is C13H10N2O2S. The van der Waals surface area contributed by atoms with E-state index in [2.05, 4.69) is 11.4 Å². The Bertz CT molecular complexity index is 613. The van der Waals surface area contributed by atoms with Crippen molar-refractivity contribution >= 4 is 23.0 Å². The van der Waals surface area contributed by atoms with Gasteiger partial charge in [-0.15, -0.1) is 11.3 Å². The summed E-state index contributed by atoms with van der Waals surface area (Å²) in [4.78, 5) is 12.5. The van der Waals surface area contributed by atoms with Gasteiger partial charge in [-0.05, 0) is 30.3 Å². The summed E-state index contributed by atoms with van der Waals surface area (Å²) in [6.45, 7) is 0.579. The van der Waals surface area contributed by atoms with Gasteiger partial charge in [0.1, 0.15) is 10.9 Å². The summed E-state index contributed by atoms with van der Waals surface area (Å²) >= 11 is 1.42. The molecule has 4 nitrogen and oxygen atoms in total. The maximum Gasteiger partial charge on any atom is 0.335 e. The minimum atomic E-state index is -0.943. The molecule has 0 aliphatic rings. The Morgan fingerprint density at radius 2 is 2.22 bits per heavy atom. The van der Waals surface area contributed by atoms with Crippen molar-refractivity contribution in [3.05, 3.63) is 51.7 Å². The number of carbonyl (C=O) groups is 1. The average molecular weight is 258 g/mol. The van der Waals surface area contributed by atoms with Crippen LogP contribution in [-0.4, -0.2) is 11.1 Å². The third-order valence-electron chi connectivity index (χ3n) is 2.35. The van der Waals surface area contributed by atoms with Crippen LogP contribution in [0.4, 0.5) is 5.69 Å². The lowest BCUT2D eigenvalue weighted by molar-refractivity contribution is 0.0697. The molecule has 1 heterocycles. The zero-order valence-electron chi connectivity index (χ0n) is 9.38. The van der Waals surface area contributed by atoms with E-state index in [-0.39, 0.29) is 5.56 Å². The highest BCUT2D eigenvalue weighted by Gasteiger charge is 2.03. The predicted molar refractivity (Wildman–Crippen MR) is 69.8 cm³/mol. The lowest BCUT2D eigenvalue weighted by atomic mass is 10.2. The number of anilines is 1. The highest BCUT2D eigenvalue weighted by molar-refractivity contribution is 7.12. The van der Waals surface area contributed by atoms with Crippen LogP contribution in [0.25, 0.3) is 0 Å². The highest BCUT2D eigenvalue weighted by atomic mass is 32.1. The maximum atomic E-state index is 10.8. The van der Waals surface area contributed by atoms with E-state index >= 15 is 0 Å². The van der Waals surface area contributed by atoms with Crippen LogP contribution in [0.15, 0.2) is 36.4 Å². The minimum Gasteiger partial charge on any atom is -0.478 e. The SMILES string of the molecule is N#Cc1ccc(CNc2cccc(C(=O)O)c2)s1. The highest BCUT2D eigenvalue weighted by Crippen LogP contribution is 2.18. The molecule has 0 atom stereocenters. The minimum absolute atomic E-state index is 0.254. The van der Waals surface area contributed by atoms with E-state index in [0.29, 0.717) is 11.4 Å². The van der Waals surface area contributed by atoms with Gasteiger partial charge in [-0.1, -0.05) is 6.07 Å². The Morgan fingerprint density at radius 1 is 1.39 bits per heavy atom. The molecule has 0 bridgehead atoms. The summed E-state index contributed by atoms with van der Waals surface area (Å²) in [6.07, 6.45) is 0. The van der Waals surface area contributed by atoms with Gasteiger partial charge in [0, 0.05) is 17.1 Å². The first-order chi connectivity index (χ1) is 8.69. The standard InChI is InChI=1S/C13H10N2O2S/c14-7-11-4-5-12(18-11)8-15-10-3-1-2-9(6-10)13(16)17/h1-6,15H,8H2,(H,16,17). The van der Waals surface area contributed by atoms with Crippen molar-refractivity contribution < 1.29 is 9.90 Å². The van der Waals surface area contributed by atoms with Gasteiger partial charge < -0.3 is 10.4 Å². The van der Waals surface area contributed by atoms with Crippen molar-refractivity contribution in [2.45, 2.75) is 6.54 Å². The van der Waals surface area contributed by atoms with Crippen LogP contribution < -0.4 is 5.32 Å². The Balaban J connectivity index is 2.04. The third-order valence-corrected chi connectivity index (χ3v) is 3.34. The van der Waals surface area contributed by atoms with Crippen LogP contribution in [0.1, 0.15) is 20.1 Å². The number of rotatable bonds is 4. The second-order valence-electron chi connectivity index (χ2n) is 3.62. The Kier molecular flexibility index (Phi) is 3.60. The normalized spacial score (nSPS) is 9.72. The molecule has 0 radical (unpaired) electrons. The number of nitrogens with zero attached hydrogens (tertiary/aromatic N) is 1. The van der Waals surface area contributed by atoms with Crippen molar-refractivity contribution in [1.29, 1.82) is 5.26 Å². The molecule has 1 aromatic heterocycles. The molecule has 90 valence electrons. The molecule has 0 aliphatic carbocycles. The summed E-state index contributed by atoms with van der Waals surface area (Å²) < 4.78 is 0. The van der Waals surface area contributed by atoms with Gasteiger partial charge in [-0.2, -0.15) is 5.26 Å². The fraction of sp³-hybridized carbons (Fsp3) is 0.0769. The van der Waals surface area contributed by atoms with E-state index in [1.807, 2.05) is 12.1 Å². The zero-order chi connectivity index (χ0) is 13.0. The number of benzene rings is 1. The van der Waals surface area contributed by atoms with Gasteiger partial charge in [-0.3, -0.25) is 0 Å². The quantitative estimate of drug-likeness (QED) is 0.884. The molecule has 0 amide bonds. The number of carboxylic acids is 1. The lowest BCUT2D eigenvalue weighted by Crippen LogP contribution is -2.00. The van der Waals surface area contributed by atoms with Crippen LogP contribution in [0.3, 0.4) is 0 Å². The van der Waals surface area contributed by atoms with Gasteiger partial charge in [-0.25, -0.2) is 4.79 Å². The topological polar surface area (TPSA) is 73.1 Å². The number of carboxylic acid groups (broad SMARTS) is 1. The first-order valence-corrected chi connectivity index (χ1v) is 6.07. The monoisotopic (exact) mass is 258 g/mol. The van der Waals surface area contributed by atoms with Crippen molar-refractivity contribution in [1.82, 2.24) is 0 Å². The van der Waals surface area contributed by atoms with E-state index in [9.17, 15) is 4.79 Å². The first-order valence-electron chi connectivity index (χ1n) is 5.25. The first kappa shape index (κ1) is 12.1. The van der Waals surface area contributed by atoms with Gasteiger partial charge in [0.15, 0.2) is 0 Å². The molecule has 5 heteroatoms. The zero-order valence-corrected chi connectivity index (χ0v) is 10.2. The molecule has 2 N–H and O–H groups in total. The molecule has 1 aromatic carbocycles. The number of hydrogen-bond donors (Lipinski definition) is 2. The molecular weight excluding hydrogens is 248 g/mol. The summed E-state index contributed by atoms with van der Waals surface area (Å²) in [5.41, 5.74) is 1.01. The second-order valence-corrected chi connectivity index (χ2v) is 4.79. The largest absolute Gasteiger partial charge is 0.478 e. The molecule has 0 saturated heterocycles. The Morgan fingerprint density at radius 3 is 2.89 bits per heavy atom. The van der Waals surface area contributed by atoms with Crippen molar-refractivity contribution in [3.63, 3.8) is 0 Å². The summed E-state index contributed by atoms with van der Waals surface area (Å²) in [5, 5.41) is 20.7. The van der Waals surface area contributed by atoms with Gasteiger partial charge in [0.2, 0.25) is 0 Å². The Labute approximate surface area is 108 Å². The number of aromatic carboxylic acids is 1. The fourth-order valence-corrected chi connectivity index (χ4v) is 2.23. The molecule has 0 fully saturated rings. The van der Waals surface area contributed by atoms with E-state index < -0.39 is 5.97 Å². The van der Waals surface area contributed by atoms with Crippen molar-refractivity contribution in [2.24, 2.45) is 0 Å². The number of nitriles is 1. The van der Waals surface area contributed by atoms with Crippen LogP contribution in [0.5, 0.6) is 0 Å². The van der Waals surface area contributed by atoms with Gasteiger partial charge in [0.05, 0.1) is 5.56 Å². The number of hydrogen-bond acceptors (Lipinski definition) is 4. The smallest absolute Gasteiger partial charge is 0.335 e. The second kappa shape index (κ2) is 5.34. The van der Waals surface area contributed by atoms with E-state index in [1.165, 1.54) is 11.3 Å². The van der Waals surface area contributed by atoms with E-state index in [4.69, 9.17) is 10.4 Å². The lowest BCUT2D eigenvalue weighted by Gasteiger charge is -2.05. The van der Waals surface area contributed by atoms with Gasteiger partial charge >= 0.3 is 5.97 Å². The van der Waals surface area contributed by atoms with Crippen LogP contribution >= 0.6 is 11.3 Å². The van der Waals surface area contributed by atoms with Crippen molar-refractivity contribution in [2.75, 3.05) is 5.32 Å². The summed E-state index contributed by atoms with van der Waals surface area (Å²) in [7, 11) is 0. The maximum absolute atomic E-state index is 10.8. The summed E-state index contributed by atoms with van der Waals surface area (Å²) in [5.74, 6) is -0.943. The van der Waals surface area contributed by atoms with E-state index in [0.717, 1.165) is 10.6 Å². The summed E-state index contributed by atoms with van der Waals surface area (Å²) in [6, 6.07) is 12.4. The van der Waals surface area contributed by atoms with Crippen molar-refractivity contribution in [3.8, 4) is 6.07 Å². The molecule has 0 saturated carbocycles. The fourth-order valence-electron chi connectivity index (χ4n) is 1.48. The molecule has 0 unspecified atom stereocenters. The molecule has 2 rings (SSSR count). The number of nitrogens with one attached hydrogen (secondary N) is 1. The number of thiophene rings is 1. The van der Waals surface area contributed by atoms with Gasteiger partial charge in [0.25, 0.3) is 0 Å². The van der Waals surface area contributed by atoms with Crippen LogP contribution in [0.2, 0.25) is 0 Å². The molecule has 18 heavy (non-hydrogen) atoms. The van der Waals surface area contributed by atoms with E-state index in [1.54, 1.807) is 24.3 Å². The Hall–Kier alpha value is -2.32. The third kappa shape index (κ3) is 2.87. The molecule has 0 aliphatic heterocycles.